The Labute approximate surface area is 163 Å². The standard InChI is InChI=1S/C21H34N4O2/c1-6-7-8-9-18(26)24-19-14-10-16(19)25(12-14)17-11-15(13-27-5)22-20(23-17)21(2,3)4/h11,14,16,19H,6-10,12-13H2,1-5H3,(H,24,26). The first-order valence-corrected chi connectivity index (χ1v) is 10.3. The molecule has 27 heavy (non-hydrogen) atoms. The minimum atomic E-state index is -0.117. The number of carbonyl (C=O) groups is 1. The van der Waals surface area contributed by atoms with E-state index in [0.29, 0.717) is 25.0 Å². The highest BCUT2D eigenvalue weighted by atomic mass is 16.5. The number of rotatable bonds is 8. The summed E-state index contributed by atoms with van der Waals surface area (Å²) in [6, 6.07) is 2.65. The SMILES string of the molecule is CCCCCC(=O)NC1C2CC1N(c1cc(COC)nc(C(C)(C)C)n1)C2. The number of methoxy groups -OCH3 is 1. The Morgan fingerprint density at radius 3 is 2.78 bits per heavy atom. The van der Waals surface area contributed by atoms with Crippen molar-refractivity contribution in [2.45, 2.75) is 83.9 Å². The highest BCUT2D eigenvalue weighted by Gasteiger charge is 2.53. The molecule has 150 valence electrons. The lowest BCUT2D eigenvalue weighted by Gasteiger charge is -2.37. The van der Waals surface area contributed by atoms with Crippen LogP contribution in [0.4, 0.5) is 5.82 Å². The van der Waals surface area contributed by atoms with Gasteiger partial charge in [0.2, 0.25) is 5.91 Å². The van der Waals surface area contributed by atoms with Crippen LogP contribution in [-0.4, -0.2) is 41.6 Å². The van der Waals surface area contributed by atoms with E-state index >= 15 is 0 Å². The lowest BCUT2D eigenvalue weighted by atomic mass is 9.80. The van der Waals surface area contributed by atoms with Crippen molar-refractivity contribution in [1.29, 1.82) is 0 Å². The molecule has 3 heterocycles. The number of aromatic nitrogens is 2. The third-order valence-electron chi connectivity index (χ3n) is 5.66. The zero-order valence-corrected chi connectivity index (χ0v) is 17.4. The minimum Gasteiger partial charge on any atom is -0.378 e. The smallest absolute Gasteiger partial charge is 0.220 e. The predicted molar refractivity (Wildman–Crippen MR) is 107 cm³/mol. The number of anilines is 1. The van der Waals surface area contributed by atoms with E-state index in [1.165, 1.54) is 0 Å². The number of nitrogens with one attached hydrogen (secondary N) is 1. The lowest BCUT2D eigenvalue weighted by molar-refractivity contribution is -0.122. The molecule has 0 aromatic carbocycles. The molecule has 3 unspecified atom stereocenters. The second kappa shape index (κ2) is 8.13. The Bertz CT molecular complexity index is 671. The molecule has 1 aromatic rings. The van der Waals surface area contributed by atoms with E-state index in [-0.39, 0.29) is 17.4 Å². The van der Waals surface area contributed by atoms with Crippen molar-refractivity contribution < 1.29 is 9.53 Å². The predicted octanol–water partition coefficient (Wildman–Crippen LogP) is 3.19. The maximum Gasteiger partial charge on any atom is 0.220 e. The van der Waals surface area contributed by atoms with E-state index in [1.807, 2.05) is 6.07 Å². The van der Waals surface area contributed by atoms with Crippen LogP contribution in [-0.2, 0) is 21.6 Å². The Balaban J connectivity index is 1.71. The molecule has 1 saturated carbocycles. The molecule has 1 aliphatic carbocycles. The zero-order chi connectivity index (χ0) is 19.6. The van der Waals surface area contributed by atoms with E-state index in [1.54, 1.807) is 7.11 Å². The van der Waals surface area contributed by atoms with Gasteiger partial charge >= 0.3 is 0 Å². The molecule has 6 heteroatoms. The second-order valence-corrected chi connectivity index (χ2v) is 8.99. The number of amides is 1. The third kappa shape index (κ3) is 4.42. The van der Waals surface area contributed by atoms with Gasteiger partial charge in [0.15, 0.2) is 0 Å². The summed E-state index contributed by atoms with van der Waals surface area (Å²) in [5.74, 6) is 2.54. The van der Waals surface area contributed by atoms with Crippen LogP contribution in [0.1, 0.15) is 71.3 Å². The van der Waals surface area contributed by atoms with Crippen molar-refractivity contribution in [2.24, 2.45) is 5.92 Å². The molecule has 3 fully saturated rings. The van der Waals surface area contributed by atoms with Gasteiger partial charge in [0.25, 0.3) is 0 Å². The molecule has 3 aliphatic rings. The number of carbonyl (C=O) groups excluding carboxylic acids is 1. The number of fused-ring (bicyclic) bond motifs is 1. The van der Waals surface area contributed by atoms with Gasteiger partial charge in [-0.15, -0.1) is 0 Å². The Morgan fingerprint density at radius 1 is 1.33 bits per heavy atom. The largest absolute Gasteiger partial charge is 0.378 e. The molecule has 3 atom stereocenters. The number of ether oxygens (including phenoxy) is 1. The fourth-order valence-corrected chi connectivity index (χ4v) is 4.08. The normalized spacial score (nSPS) is 24.0. The van der Waals surface area contributed by atoms with Gasteiger partial charge in [0.05, 0.1) is 24.4 Å². The molecular weight excluding hydrogens is 340 g/mol. The molecule has 2 bridgehead atoms. The molecule has 0 spiro atoms. The summed E-state index contributed by atoms with van der Waals surface area (Å²) in [7, 11) is 1.69. The van der Waals surface area contributed by atoms with Crippen LogP contribution in [0.3, 0.4) is 0 Å². The van der Waals surface area contributed by atoms with Crippen molar-refractivity contribution in [3.8, 4) is 0 Å². The first-order chi connectivity index (χ1) is 12.8. The van der Waals surface area contributed by atoms with Gasteiger partial charge in [-0.3, -0.25) is 4.79 Å². The summed E-state index contributed by atoms with van der Waals surface area (Å²) in [5.41, 5.74) is 0.797. The number of unbranched alkanes of at least 4 members (excludes halogenated alkanes) is 2. The molecule has 1 N–H and O–H groups in total. The van der Waals surface area contributed by atoms with Gasteiger partial charge in [0, 0.05) is 37.5 Å². The molecule has 2 saturated heterocycles. The second-order valence-electron chi connectivity index (χ2n) is 8.99. The summed E-state index contributed by atoms with van der Waals surface area (Å²) in [4.78, 5) is 24.1. The van der Waals surface area contributed by atoms with E-state index in [9.17, 15) is 4.79 Å². The van der Waals surface area contributed by atoms with Crippen LogP contribution in [0.25, 0.3) is 0 Å². The van der Waals surface area contributed by atoms with Crippen molar-refractivity contribution in [3.63, 3.8) is 0 Å². The first-order valence-electron chi connectivity index (χ1n) is 10.3. The number of hydrogen-bond acceptors (Lipinski definition) is 5. The molecular formula is C21H34N4O2. The zero-order valence-electron chi connectivity index (χ0n) is 17.4. The van der Waals surface area contributed by atoms with Crippen LogP contribution in [0, 0.1) is 5.92 Å². The van der Waals surface area contributed by atoms with Crippen LogP contribution in [0.2, 0.25) is 0 Å². The summed E-state index contributed by atoms with van der Waals surface area (Å²) >= 11 is 0. The topological polar surface area (TPSA) is 67.4 Å². The van der Waals surface area contributed by atoms with Crippen LogP contribution in [0.15, 0.2) is 6.07 Å². The van der Waals surface area contributed by atoms with Gasteiger partial charge in [-0.05, 0) is 12.8 Å². The van der Waals surface area contributed by atoms with Gasteiger partial charge in [-0.25, -0.2) is 9.97 Å². The fourth-order valence-electron chi connectivity index (χ4n) is 4.08. The Kier molecular flexibility index (Phi) is 6.04. The van der Waals surface area contributed by atoms with E-state index < -0.39 is 0 Å². The molecule has 4 rings (SSSR count). The highest BCUT2D eigenvalue weighted by molar-refractivity contribution is 5.76. The molecule has 1 amide bonds. The summed E-state index contributed by atoms with van der Waals surface area (Å²) in [6.45, 7) is 9.99. The van der Waals surface area contributed by atoms with Gasteiger partial charge in [0.1, 0.15) is 11.6 Å². The molecule has 0 radical (unpaired) electrons. The van der Waals surface area contributed by atoms with Gasteiger partial charge in [-0.1, -0.05) is 40.5 Å². The molecule has 1 aromatic heterocycles. The monoisotopic (exact) mass is 374 g/mol. The molecule has 2 aliphatic heterocycles. The minimum absolute atomic E-state index is 0.117. The van der Waals surface area contributed by atoms with E-state index in [0.717, 1.165) is 49.6 Å². The van der Waals surface area contributed by atoms with Crippen molar-refractivity contribution >= 4 is 11.7 Å². The van der Waals surface area contributed by atoms with Gasteiger partial charge < -0.3 is 15.0 Å². The van der Waals surface area contributed by atoms with Crippen LogP contribution in [0.5, 0.6) is 0 Å². The Hall–Kier alpha value is -1.69. The summed E-state index contributed by atoms with van der Waals surface area (Å²) < 4.78 is 5.31. The average molecular weight is 375 g/mol. The Morgan fingerprint density at radius 2 is 2.11 bits per heavy atom. The third-order valence-corrected chi connectivity index (χ3v) is 5.66. The summed E-state index contributed by atoms with van der Waals surface area (Å²) in [5, 5.41) is 3.27. The average Bonchev–Trinajstić information content (AvgIpc) is 3.19. The summed E-state index contributed by atoms with van der Waals surface area (Å²) in [6.07, 6.45) is 5.02. The first kappa shape index (κ1) is 20.1. The number of hydrogen-bond donors (Lipinski definition) is 1. The van der Waals surface area contributed by atoms with Gasteiger partial charge in [-0.2, -0.15) is 0 Å². The number of nitrogens with zero attached hydrogens (tertiary/aromatic N) is 3. The van der Waals surface area contributed by atoms with Crippen molar-refractivity contribution in [1.82, 2.24) is 15.3 Å². The van der Waals surface area contributed by atoms with Crippen molar-refractivity contribution in [3.05, 3.63) is 17.6 Å². The van der Waals surface area contributed by atoms with E-state index in [2.05, 4.69) is 42.9 Å². The fraction of sp³-hybridized carbons (Fsp3) is 0.762. The quantitative estimate of drug-likeness (QED) is 0.708. The molecule has 6 nitrogen and oxygen atoms in total. The van der Waals surface area contributed by atoms with E-state index in [4.69, 9.17) is 9.72 Å². The maximum absolute atomic E-state index is 12.2. The highest BCUT2D eigenvalue weighted by Crippen LogP contribution is 2.43. The van der Waals surface area contributed by atoms with Crippen LogP contribution >= 0.6 is 0 Å². The van der Waals surface area contributed by atoms with Crippen LogP contribution < -0.4 is 10.2 Å². The lowest BCUT2D eigenvalue weighted by Crippen LogP contribution is -2.54. The maximum atomic E-state index is 12.2. The van der Waals surface area contributed by atoms with Crippen molar-refractivity contribution in [2.75, 3.05) is 18.6 Å².